The fourth-order valence-corrected chi connectivity index (χ4v) is 1.11. The minimum absolute atomic E-state index is 0.287. The molecule has 0 aliphatic carbocycles. The molecule has 5 heteroatoms. The Morgan fingerprint density at radius 3 is 2.73 bits per heavy atom. The molecule has 4 unspecified atom stereocenters. The molecular formula is C6H11BFNO2. The Labute approximate surface area is 66.4 Å². The first-order valence-electron chi connectivity index (χ1n) is 3.46. The van der Waals surface area contributed by atoms with Crippen LogP contribution in [0, 0.1) is 0 Å². The molecule has 1 fully saturated rings. The highest BCUT2D eigenvalue weighted by molar-refractivity contribution is 6.11. The second kappa shape index (κ2) is 3.52. The third kappa shape index (κ3) is 1.72. The van der Waals surface area contributed by atoms with E-state index in [-0.39, 0.29) is 6.61 Å². The van der Waals surface area contributed by atoms with Crippen LogP contribution in [0.1, 0.15) is 0 Å². The summed E-state index contributed by atoms with van der Waals surface area (Å²) in [6.45, 7) is 0.287. The lowest BCUT2D eigenvalue weighted by Gasteiger charge is -2.12. The van der Waals surface area contributed by atoms with Crippen molar-refractivity contribution in [3.05, 3.63) is 0 Å². The van der Waals surface area contributed by atoms with Crippen molar-refractivity contribution in [2.75, 3.05) is 13.7 Å². The molecule has 2 N–H and O–H groups in total. The Hall–Kier alpha value is -0.125. The zero-order chi connectivity index (χ0) is 8.43. The van der Waals surface area contributed by atoms with Crippen LogP contribution in [-0.4, -0.2) is 45.9 Å². The van der Waals surface area contributed by atoms with E-state index in [0.717, 1.165) is 0 Å². The molecule has 1 rings (SSSR count). The Morgan fingerprint density at radius 2 is 2.36 bits per heavy atom. The molecule has 1 heterocycles. The number of rotatable bonds is 2. The fourth-order valence-electron chi connectivity index (χ4n) is 1.11. The van der Waals surface area contributed by atoms with Gasteiger partial charge in [0.25, 0.3) is 0 Å². The maximum atomic E-state index is 12.9. The summed E-state index contributed by atoms with van der Waals surface area (Å²) in [5.41, 5.74) is 5.44. The number of nitrogens with two attached hydrogens (primary N) is 1. The molecule has 0 amide bonds. The molecule has 1 saturated heterocycles. The first kappa shape index (κ1) is 8.97. The van der Waals surface area contributed by atoms with Crippen LogP contribution in [0.15, 0.2) is 0 Å². The summed E-state index contributed by atoms with van der Waals surface area (Å²) in [5, 5.41) is 0. The van der Waals surface area contributed by atoms with Crippen molar-refractivity contribution in [1.29, 1.82) is 0 Å². The largest absolute Gasteiger partial charge is 0.382 e. The molecule has 0 aromatic heterocycles. The van der Waals surface area contributed by atoms with E-state index >= 15 is 0 Å². The van der Waals surface area contributed by atoms with Crippen LogP contribution in [0.3, 0.4) is 0 Å². The van der Waals surface area contributed by atoms with Crippen LogP contribution in [0.5, 0.6) is 0 Å². The van der Waals surface area contributed by atoms with Crippen molar-refractivity contribution in [2.45, 2.75) is 24.3 Å². The first-order valence-corrected chi connectivity index (χ1v) is 3.46. The van der Waals surface area contributed by atoms with Gasteiger partial charge in [-0.25, -0.2) is 4.39 Å². The molecule has 4 atom stereocenters. The van der Waals surface area contributed by atoms with Gasteiger partial charge in [0.15, 0.2) is 0 Å². The number of methoxy groups -OCH3 is 1. The van der Waals surface area contributed by atoms with Crippen LogP contribution >= 0.6 is 0 Å². The van der Waals surface area contributed by atoms with Crippen molar-refractivity contribution >= 4 is 7.85 Å². The highest BCUT2D eigenvalue weighted by Crippen LogP contribution is 2.20. The third-order valence-corrected chi connectivity index (χ3v) is 1.77. The lowest BCUT2D eigenvalue weighted by molar-refractivity contribution is 0.0178. The zero-order valence-corrected chi connectivity index (χ0v) is 6.37. The van der Waals surface area contributed by atoms with Gasteiger partial charge in [-0.3, -0.25) is 0 Å². The van der Waals surface area contributed by atoms with Crippen LogP contribution in [0.25, 0.3) is 0 Å². The summed E-state index contributed by atoms with van der Waals surface area (Å²) in [7, 11) is 6.76. The third-order valence-electron chi connectivity index (χ3n) is 1.77. The zero-order valence-electron chi connectivity index (χ0n) is 6.37. The molecule has 11 heavy (non-hydrogen) atoms. The van der Waals surface area contributed by atoms with Crippen LogP contribution < -0.4 is 5.73 Å². The lowest BCUT2D eigenvalue weighted by atomic mass is 9.93. The molecular weight excluding hydrogens is 148 g/mol. The van der Waals surface area contributed by atoms with Gasteiger partial charge in [-0.05, 0) is 0 Å². The Balaban J connectivity index is 2.45. The predicted octanol–water partition coefficient (Wildman–Crippen LogP) is -0.808. The van der Waals surface area contributed by atoms with E-state index < -0.39 is 24.3 Å². The molecule has 62 valence electrons. The van der Waals surface area contributed by atoms with Crippen molar-refractivity contribution in [3.63, 3.8) is 0 Å². The number of alkyl halides is 1. The Bertz CT molecular complexity index is 138. The van der Waals surface area contributed by atoms with Crippen LogP contribution in [0.2, 0.25) is 0 Å². The molecule has 0 aromatic rings. The average molecular weight is 159 g/mol. The van der Waals surface area contributed by atoms with E-state index in [1.807, 2.05) is 0 Å². The highest BCUT2D eigenvalue weighted by Gasteiger charge is 2.39. The van der Waals surface area contributed by atoms with E-state index in [1.54, 1.807) is 0 Å². The minimum Gasteiger partial charge on any atom is -0.382 e. The Kier molecular flexibility index (Phi) is 2.87. The summed E-state index contributed by atoms with van der Waals surface area (Å²) in [6.07, 6.45) is -1.69. The Morgan fingerprint density at radius 1 is 1.73 bits per heavy atom. The monoisotopic (exact) mass is 159 g/mol. The van der Waals surface area contributed by atoms with Gasteiger partial charge in [0.05, 0.1) is 18.8 Å². The molecule has 2 radical (unpaired) electrons. The molecule has 0 saturated carbocycles. The van der Waals surface area contributed by atoms with Gasteiger partial charge in [0.1, 0.15) is 14.0 Å². The predicted molar refractivity (Wildman–Crippen MR) is 39.2 cm³/mol. The number of halogens is 1. The SMILES string of the molecule is [B]C1OC(COC)C(N)C1F. The number of hydrogen-bond donors (Lipinski definition) is 1. The fraction of sp³-hybridized carbons (Fsp3) is 1.00. The highest BCUT2D eigenvalue weighted by atomic mass is 19.1. The smallest absolute Gasteiger partial charge is 0.135 e. The molecule has 1 aliphatic heterocycles. The van der Waals surface area contributed by atoms with Gasteiger partial charge in [-0.1, -0.05) is 0 Å². The minimum atomic E-state index is -1.28. The van der Waals surface area contributed by atoms with Crippen LogP contribution in [0.4, 0.5) is 4.39 Å². The summed E-state index contributed by atoms with van der Waals surface area (Å²) in [4.78, 5) is 0. The molecule has 0 bridgehead atoms. The second-order valence-electron chi connectivity index (χ2n) is 2.62. The van der Waals surface area contributed by atoms with Crippen molar-refractivity contribution in [3.8, 4) is 0 Å². The normalized spacial score (nSPS) is 44.6. The molecule has 1 aliphatic rings. The second-order valence-corrected chi connectivity index (χ2v) is 2.62. The standard InChI is InChI=1S/C6H11BFNO2/c1-10-2-3-5(9)4(8)6(7)11-3/h3-6H,2,9H2,1H3. The van der Waals surface area contributed by atoms with Gasteiger partial charge < -0.3 is 15.2 Å². The van der Waals surface area contributed by atoms with Gasteiger partial charge >= 0.3 is 0 Å². The number of hydrogen-bond acceptors (Lipinski definition) is 3. The summed E-state index contributed by atoms with van der Waals surface area (Å²) in [6, 6.07) is -1.56. The summed E-state index contributed by atoms with van der Waals surface area (Å²) < 4.78 is 22.6. The van der Waals surface area contributed by atoms with E-state index in [0.29, 0.717) is 0 Å². The molecule has 0 aromatic carbocycles. The summed E-state index contributed by atoms with van der Waals surface area (Å²) >= 11 is 0. The van der Waals surface area contributed by atoms with E-state index in [4.69, 9.17) is 23.1 Å². The molecule has 3 nitrogen and oxygen atoms in total. The van der Waals surface area contributed by atoms with Gasteiger partial charge in [0.2, 0.25) is 0 Å². The van der Waals surface area contributed by atoms with Crippen molar-refractivity contribution in [2.24, 2.45) is 5.73 Å². The van der Waals surface area contributed by atoms with Gasteiger partial charge in [-0.2, -0.15) is 0 Å². The quantitative estimate of drug-likeness (QED) is 0.536. The average Bonchev–Trinajstić information content (AvgIpc) is 2.19. The topological polar surface area (TPSA) is 44.5 Å². The maximum absolute atomic E-state index is 12.9. The van der Waals surface area contributed by atoms with Gasteiger partial charge in [0, 0.05) is 13.1 Å². The van der Waals surface area contributed by atoms with E-state index in [1.165, 1.54) is 7.11 Å². The van der Waals surface area contributed by atoms with Crippen molar-refractivity contribution < 1.29 is 13.9 Å². The van der Waals surface area contributed by atoms with E-state index in [9.17, 15) is 4.39 Å². The first-order chi connectivity index (χ1) is 5.16. The van der Waals surface area contributed by atoms with Crippen molar-refractivity contribution in [1.82, 2.24) is 0 Å². The van der Waals surface area contributed by atoms with Crippen LogP contribution in [-0.2, 0) is 9.47 Å². The number of ether oxygens (including phenoxy) is 2. The lowest BCUT2D eigenvalue weighted by Crippen LogP contribution is -2.39. The van der Waals surface area contributed by atoms with Gasteiger partial charge in [-0.15, -0.1) is 0 Å². The van der Waals surface area contributed by atoms with E-state index in [2.05, 4.69) is 0 Å². The molecule has 0 spiro atoms. The summed E-state index contributed by atoms with van der Waals surface area (Å²) in [5.74, 6) is 0. The maximum Gasteiger partial charge on any atom is 0.135 e.